The minimum Gasteiger partial charge on any atom is -0.481 e. The van der Waals surface area contributed by atoms with Crippen LogP contribution in [-0.2, 0) is 0 Å². The molecule has 0 bridgehead atoms. The summed E-state index contributed by atoms with van der Waals surface area (Å²) in [6.07, 6.45) is 4.05. The molecule has 0 spiro atoms. The van der Waals surface area contributed by atoms with E-state index < -0.39 is 0 Å². The topological polar surface area (TPSA) is 71.5 Å². The zero-order valence-corrected chi connectivity index (χ0v) is 13.3. The fraction of sp³-hybridized carbons (Fsp3) is 0.444. The zero-order valence-electron chi connectivity index (χ0n) is 13.3. The smallest absolute Gasteiger partial charge is 0.270 e. The van der Waals surface area contributed by atoms with Crippen molar-refractivity contribution < 1.29 is 14.6 Å². The van der Waals surface area contributed by atoms with E-state index in [0.29, 0.717) is 11.6 Å². The van der Waals surface area contributed by atoms with E-state index in [4.69, 9.17) is 4.74 Å². The van der Waals surface area contributed by atoms with Gasteiger partial charge in [-0.05, 0) is 30.4 Å². The summed E-state index contributed by atoms with van der Waals surface area (Å²) in [4.78, 5) is 16.9. The summed E-state index contributed by atoms with van der Waals surface area (Å²) in [5.74, 6) is 0.380. The SMILES string of the molecule is COc1nc(C(=O)NC2CCCCC2CO)cc2ccccc12. The lowest BCUT2D eigenvalue weighted by Crippen LogP contribution is -2.43. The number of carbonyl (C=O) groups is 1. The molecule has 3 rings (SSSR count). The molecule has 2 atom stereocenters. The molecule has 1 amide bonds. The van der Waals surface area contributed by atoms with Crippen LogP contribution in [0, 0.1) is 5.92 Å². The van der Waals surface area contributed by atoms with Crippen LogP contribution in [-0.4, -0.2) is 35.8 Å². The minimum absolute atomic E-state index is 0.0144. The van der Waals surface area contributed by atoms with E-state index >= 15 is 0 Å². The maximum Gasteiger partial charge on any atom is 0.270 e. The van der Waals surface area contributed by atoms with Crippen molar-refractivity contribution in [1.29, 1.82) is 0 Å². The largest absolute Gasteiger partial charge is 0.481 e. The predicted molar refractivity (Wildman–Crippen MR) is 88.6 cm³/mol. The van der Waals surface area contributed by atoms with Crippen molar-refractivity contribution in [2.45, 2.75) is 31.7 Å². The highest BCUT2D eigenvalue weighted by molar-refractivity contribution is 5.98. The van der Waals surface area contributed by atoms with Crippen LogP contribution in [0.25, 0.3) is 10.8 Å². The number of hydrogen-bond donors (Lipinski definition) is 2. The molecule has 122 valence electrons. The molecule has 2 N–H and O–H groups in total. The fourth-order valence-electron chi connectivity index (χ4n) is 3.30. The minimum atomic E-state index is -0.209. The molecule has 5 nitrogen and oxygen atoms in total. The summed E-state index contributed by atoms with van der Waals surface area (Å²) in [6.45, 7) is 0.111. The van der Waals surface area contributed by atoms with Crippen molar-refractivity contribution in [2.75, 3.05) is 13.7 Å². The maximum atomic E-state index is 12.6. The molecular formula is C18H22N2O3. The van der Waals surface area contributed by atoms with Crippen LogP contribution in [0.4, 0.5) is 0 Å². The number of aromatic nitrogens is 1. The number of carbonyl (C=O) groups excluding carboxylic acids is 1. The molecular weight excluding hydrogens is 292 g/mol. The number of aliphatic hydroxyl groups excluding tert-OH is 1. The molecule has 1 aromatic carbocycles. The first-order chi connectivity index (χ1) is 11.2. The average Bonchev–Trinajstić information content (AvgIpc) is 2.61. The molecule has 2 unspecified atom stereocenters. The normalized spacial score (nSPS) is 21.1. The van der Waals surface area contributed by atoms with E-state index in [1.54, 1.807) is 13.2 Å². The van der Waals surface area contributed by atoms with Gasteiger partial charge in [-0.3, -0.25) is 4.79 Å². The average molecular weight is 314 g/mol. The summed E-state index contributed by atoms with van der Waals surface area (Å²) in [6, 6.07) is 9.50. The molecule has 1 aliphatic carbocycles. The Balaban J connectivity index is 1.85. The van der Waals surface area contributed by atoms with Crippen molar-refractivity contribution in [2.24, 2.45) is 5.92 Å². The van der Waals surface area contributed by atoms with Crippen molar-refractivity contribution in [3.05, 3.63) is 36.0 Å². The molecule has 23 heavy (non-hydrogen) atoms. The third-order valence-electron chi connectivity index (χ3n) is 4.59. The van der Waals surface area contributed by atoms with Crippen molar-refractivity contribution in [3.63, 3.8) is 0 Å². The molecule has 1 aliphatic rings. The van der Waals surface area contributed by atoms with Crippen LogP contribution >= 0.6 is 0 Å². The van der Waals surface area contributed by atoms with Crippen LogP contribution in [0.1, 0.15) is 36.2 Å². The van der Waals surface area contributed by atoms with E-state index in [2.05, 4.69) is 10.3 Å². The number of fused-ring (bicyclic) bond motifs is 1. The number of benzene rings is 1. The Bertz CT molecular complexity index is 702. The zero-order chi connectivity index (χ0) is 16.2. The van der Waals surface area contributed by atoms with E-state index in [-0.39, 0.29) is 24.5 Å². The summed E-state index contributed by atoms with van der Waals surface area (Å²) in [5.41, 5.74) is 0.350. The van der Waals surface area contributed by atoms with E-state index in [9.17, 15) is 9.90 Å². The Labute approximate surface area is 135 Å². The van der Waals surface area contributed by atoms with Crippen molar-refractivity contribution in [1.82, 2.24) is 10.3 Å². The number of amides is 1. The van der Waals surface area contributed by atoms with Crippen LogP contribution < -0.4 is 10.1 Å². The van der Waals surface area contributed by atoms with Crippen LogP contribution in [0.15, 0.2) is 30.3 Å². The van der Waals surface area contributed by atoms with E-state index in [1.165, 1.54) is 0 Å². The number of aliphatic hydroxyl groups is 1. The first-order valence-electron chi connectivity index (χ1n) is 8.08. The second-order valence-corrected chi connectivity index (χ2v) is 6.04. The van der Waals surface area contributed by atoms with Gasteiger partial charge in [0.1, 0.15) is 5.69 Å². The standard InChI is InChI=1S/C18H22N2O3/c1-23-18-14-8-4-2-6-12(14)10-16(20-18)17(22)19-15-9-5-3-7-13(15)11-21/h2,4,6,8,10,13,15,21H,3,5,7,9,11H2,1H3,(H,19,22). The van der Waals surface area contributed by atoms with Gasteiger partial charge in [0, 0.05) is 24.0 Å². The second kappa shape index (κ2) is 6.96. The second-order valence-electron chi connectivity index (χ2n) is 6.04. The van der Waals surface area contributed by atoms with Gasteiger partial charge in [-0.25, -0.2) is 4.98 Å². The molecule has 2 aromatic rings. The molecule has 5 heteroatoms. The Kier molecular flexibility index (Phi) is 4.76. The third-order valence-corrected chi connectivity index (χ3v) is 4.59. The van der Waals surface area contributed by atoms with Gasteiger partial charge in [0.05, 0.1) is 7.11 Å². The van der Waals surface area contributed by atoms with Gasteiger partial charge < -0.3 is 15.2 Å². The maximum absolute atomic E-state index is 12.6. The van der Waals surface area contributed by atoms with Gasteiger partial charge in [-0.2, -0.15) is 0 Å². The molecule has 1 fully saturated rings. The van der Waals surface area contributed by atoms with Gasteiger partial charge in [-0.15, -0.1) is 0 Å². The number of ether oxygens (including phenoxy) is 1. The highest BCUT2D eigenvalue weighted by Gasteiger charge is 2.26. The Morgan fingerprint density at radius 3 is 2.91 bits per heavy atom. The first-order valence-corrected chi connectivity index (χ1v) is 8.08. The molecule has 0 aliphatic heterocycles. The lowest BCUT2D eigenvalue weighted by atomic mass is 9.85. The monoisotopic (exact) mass is 314 g/mol. The van der Waals surface area contributed by atoms with Crippen LogP contribution in [0.5, 0.6) is 5.88 Å². The summed E-state index contributed by atoms with van der Waals surface area (Å²) in [7, 11) is 1.55. The predicted octanol–water partition coefficient (Wildman–Crippen LogP) is 2.52. The van der Waals surface area contributed by atoms with Gasteiger partial charge >= 0.3 is 0 Å². The number of nitrogens with zero attached hydrogens (tertiary/aromatic N) is 1. The fourth-order valence-corrected chi connectivity index (χ4v) is 3.30. The molecule has 0 radical (unpaired) electrons. The Morgan fingerprint density at radius 1 is 1.35 bits per heavy atom. The van der Waals surface area contributed by atoms with Crippen LogP contribution in [0.2, 0.25) is 0 Å². The number of pyridine rings is 1. The van der Waals surface area contributed by atoms with E-state index in [0.717, 1.165) is 36.5 Å². The molecule has 0 saturated heterocycles. The number of nitrogens with one attached hydrogen (secondary N) is 1. The van der Waals surface area contributed by atoms with Crippen molar-refractivity contribution >= 4 is 16.7 Å². The lowest BCUT2D eigenvalue weighted by molar-refractivity contribution is 0.0867. The van der Waals surface area contributed by atoms with E-state index in [1.807, 2.05) is 24.3 Å². The van der Waals surface area contributed by atoms with Gasteiger partial charge in [0.15, 0.2) is 0 Å². The summed E-state index contributed by atoms with van der Waals surface area (Å²) >= 11 is 0. The number of methoxy groups -OCH3 is 1. The van der Waals surface area contributed by atoms with Gasteiger partial charge in [-0.1, -0.05) is 31.0 Å². The molecule has 1 saturated carbocycles. The summed E-state index contributed by atoms with van der Waals surface area (Å²) in [5, 5.41) is 14.3. The highest BCUT2D eigenvalue weighted by atomic mass is 16.5. The first kappa shape index (κ1) is 15.7. The lowest BCUT2D eigenvalue weighted by Gasteiger charge is -2.30. The Morgan fingerprint density at radius 2 is 2.13 bits per heavy atom. The highest BCUT2D eigenvalue weighted by Crippen LogP contribution is 2.26. The van der Waals surface area contributed by atoms with Gasteiger partial charge in [0.2, 0.25) is 5.88 Å². The summed E-state index contributed by atoms with van der Waals surface area (Å²) < 4.78 is 5.32. The molecule has 1 heterocycles. The quantitative estimate of drug-likeness (QED) is 0.909. The Hall–Kier alpha value is -2.14. The van der Waals surface area contributed by atoms with Gasteiger partial charge in [0.25, 0.3) is 5.91 Å². The van der Waals surface area contributed by atoms with Crippen LogP contribution in [0.3, 0.4) is 0 Å². The van der Waals surface area contributed by atoms with Crippen molar-refractivity contribution in [3.8, 4) is 5.88 Å². The third kappa shape index (κ3) is 3.29. The molecule has 1 aromatic heterocycles. The number of rotatable bonds is 4. The number of hydrogen-bond acceptors (Lipinski definition) is 4.